The molecule has 0 aromatic heterocycles. The number of hydrogen-bond acceptors (Lipinski definition) is 2. The fourth-order valence-electron chi connectivity index (χ4n) is 1.14. The maximum Gasteiger partial charge on any atom is 0.335 e. The minimum atomic E-state index is -0.248. The largest absolute Gasteiger partial charge is 0.449 e. The van der Waals surface area contributed by atoms with E-state index in [1.54, 1.807) is 0 Å². The second kappa shape index (κ2) is 4.42. The van der Waals surface area contributed by atoms with Crippen molar-refractivity contribution in [2.24, 2.45) is 0 Å². The van der Waals surface area contributed by atoms with Crippen molar-refractivity contribution in [1.29, 1.82) is 0 Å². The fourth-order valence-corrected chi connectivity index (χ4v) is 2.04. The van der Waals surface area contributed by atoms with Crippen molar-refractivity contribution in [3.05, 3.63) is 20.6 Å². The van der Waals surface area contributed by atoms with Gasteiger partial charge in [0, 0.05) is 4.48 Å². The van der Waals surface area contributed by atoms with Crippen LogP contribution in [0.4, 0.5) is 0 Å². The zero-order valence-corrected chi connectivity index (χ0v) is 10.6. The third-order valence-electron chi connectivity index (χ3n) is 1.75. The first-order valence-electron chi connectivity index (χ1n) is 3.99. The highest BCUT2D eigenvalue weighted by Gasteiger charge is 2.29. The molecule has 1 atom stereocenters. The van der Waals surface area contributed by atoms with Crippen molar-refractivity contribution in [3.63, 3.8) is 0 Å². The second-order valence-electron chi connectivity index (χ2n) is 2.76. The SMILES string of the molecule is CCC1=C(Br)C(/C=C(/C)Br)OC1=O. The van der Waals surface area contributed by atoms with Crippen LogP contribution in [-0.2, 0) is 9.53 Å². The van der Waals surface area contributed by atoms with Gasteiger partial charge in [-0.25, -0.2) is 4.79 Å². The number of ether oxygens (including phenoxy) is 1. The number of halogens is 2. The zero-order chi connectivity index (χ0) is 10.0. The molecule has 1 aliphatic rings. The van der Waals surface area contributed by atoms with Crippen LogP contribution in [0.1, 0.15) is 20.3 Å². The van der Waals surface area contributed by atoms with Gasteiger partial charge in [0.1, 0.15) is 0 Å². The van der Waals surface area contributed by atoms with Crippen molar-refractivity contribution in [1.82, 2.24) is 0 Å². The summed E-state index contributed by atoms with van der Waals surface area (Å²) in [7, 11) is 0. The molecule has 0 amide bonds. The Balaban J connectivity index is 2.91. The Labute approximate surface area is 94.3 Å². The van der Waals surface area contributed by atoms with Crippen LogP contribution in [0.25, 0.3) is 0 Å². The van der Waals surface area contributed by atoms with Gasteiger partial charge in [-0.1, -0.05) is 38.8 Å². The van der Waals surface area contributed by atoms with Gasteiger partial charge in [0.15, 0.2) is 6.10 Å². The van der Waals surface area contributed by atoms with Gasteiger partial charge in [0.2, 0.25) is 0 Å². The van der Waals surface area contributed by atoms with Gasteiger partial charge in [-0.15, -0.1) is 0 Å². The monoisotopic (exact) mass is 308 g/mol. The molecular formula is C9H10Br2O2. The summed E-state index contributed by atoms with van der Waals surface area (Å²) in [6, 6.07) is 0. The van der Waals surface area contributed by atoms with E-state index in [9.17, 15) is 4.79 Å². The van der Waals surface area contributed by atoms with Crippen LogP contribution in [0.5, 0.6) is 0 Å². The number of allylic oxidation sites excluding steroid dienone is 1. The number of carbonyl (C=O) groups excluding carboxylic acids is 1. The lowest BCUT2D eigenvalue weighted by atomic mass is 10.2. The second-order valence-corrected chi connectivity index (χ2v) is 4.86. The molecule has 1 heterocycles. The van der Waals surface area contributed by atoms with E-state index in [-0.39, 0.29) is 12.1 Å². The van der Waals surface area contributed by atoms with Crippen molar-refractivity contribution in [2.75, 3.05) is 0 Å². The molecule has 2 nitrogen and oxygen atoms in total. The first kappa shape index (κ1) is 11.0. The minimum absolute atomic E-state index is 0.218. The van der Waals surface area contributed by atoms with E-state index in [1.807, 2.05) is 19.9 Å². The van der Waals surface area contributed by atoms with E-state index < -0.39 is 0 Å². The highest BCUT2D eigenvalue weighted by molar-refractivity contribution is 9.12. The average molecular weight is 310 g/mol. The Morgan fingerprint density at radius 2 is 2.31 bits per heavy atom. The van der Waals surface area contributed by atoms with E-state index in [4.69, 9.17) is 4.74 Å². The van der Waals surface area contributed by atoms with Gasteiger partial charge in [-0.05, 0) is 23.9 Å². The molecule has 0 bridgehead atoms. The predicted octanol–water partition coefficient (Wildman–Crippen LogP) is 3.27. The maximum absolute atomic E-state index is 11.3. The lowest BCUT2D eigenvalue weighted by Gasteiger charge is -2.04. The Kier molecular flexibility index (Phi) is 3.74. The van der Waals surface area contributed by atoms with Crippen LogP contribution in [0.15, 0.2) is 20.6 Å². The summed E-state index contributed by atoms with van der Waals surface area (Å²) in [5, 5.41) is 0. The molecule has 0 saturated heterocycles. The minimum Gasteiger partial charge on any atom is -0.449 e. The van der Waals surface area contributed by atoms with Crippen molar-refractivity contribution in [3.8, 4) is 0 Å². The molecule has 0 radical (unpaired) electrons. The number of esters is 1. The topological polar surface area (TPSA) is 26.3 Å². The maximum atomic E-state index is 11.3. The highest BCUT2D eigenvalue weighted by atomic mass is 79.9. The fraction of sp³-hybridized carbons (Fsp3) is 0.444. The molecule has 0 fully saturated rings. The molecule has 13 heavy (non-hydrogen) atoms. The smallest absolute Gasteiger partial charge is 0.335 e. The van der Waals surface area contributed by atoms with Crippen molar-refractivity contribution < 1.29 is 9.53 Å². The van der Waals surface area contributed by atoms with Crippen LogP contribution in [0.3, 0.4) is 0 Å². The number of carbonyl (C=O) groups is 1. The molecule has 1 aliphatic heterocycles. The molecule has 0 N–H and O–H groups in total. The van der Waals surface area contributed by atoms with E-state index in [2.05, 4.69) is 31.9 Å². The van der Waals surface area contributed by atoms with Crippen LogP contribution in [0.2, 0.25) is 0 Å². The Bertz CT molecular complexity index is 288. The standard InChI is InChI=1S/C9H10Br2O2/c1-3-6-8(11)7(4-5(2)10)13-9(6)12/h4,7H,3H2,1-2H3/b5-4-. The molecular weight excluding hydrogens is 300 g/mol. The van der Waals surface area contributed by atoms with Gasteiger partial charge in [0.05, 0.1) is 5.57 Å². The predicted molar refractivity (Wildman–Crippen MR) is 58.8 cm³/mol. The van der Waals surface area contributed by atoms with Crippen LogP contribution in [0, 0.1) is 0 Å². The number of hydrogen-bond donors (Lipinski definition) is 0. The summed E-state index contributed by atoms with van der Waals surface area (Å²) in [5.74, 6) is -0.218. The van der Waals surface area contributed by atoms with E-state index >= 15 is 0 Å². The van der Waals surface area contributed by atoms with Gasteiger partial charge in [0.25, 0.3) is 0 Å². The van der Waals surface area contributed by atoms with Gasteiger partial charge < -0.3 is 4.74 Å². The van der Waals surface area contributed by atoms with Crippen LogP contribution in [-0.4, -0.2) is 12.1 Å². The Hall–Kier alpha value is -0.0900. The van der Waals surface area contributed by atoms with E-state index in [0.29, 0.717) is 6.42 Å². The summed E-state index contributed by atoms with van der Waals surface area (Å²) in [6.07, 6.45) is 2.30. The molecule has 0 aliphatic carbocycles. The molecule has 4 heteroatoms. The summed E-state index contributed by atoms with van der Waals surface area (Å²) in [5.41, 5.74) is 0.731. The lowest BCUT2D eigenvalue weighted by Crippen LogP contribution is -2.06. The quantitative estimate of drug-likeness (QED) is 0.732. The summed E-state index contributed by atoms with van der Waals surface area (Å²) >= 11 is 6.67. The first-order chi connectivity index (χ1) is 6.06. The number of rotatable bonds is 2. The van der Waals surface area contributed by atoms with E-state index in [1.165, 1.54) is 0 Å². The van der Waals surface area contributed by atoms with Gasteiger partial charge >= 0.3 is 5.97 Å². The molecule has 72 valence electrons. The first-order valence-corrected chi connectivity index (χ1v) is 5.58. The zero-order valence-electron chi connectivity index (χ0n) is 7.43. The number of cyclic esters (lactones) is 1. The summed E-state index contributed by atoms with van der Waals surface area (Å²) in [4.78, 5) is 11.3. The Morgan fingerprint density at radius 3 is 2.69 bits per heavy atom. The molecule has 0 aromatic carbocycles. The molecule has 1 rings (SSSR count). The third-order valence-corrected chi connectivity index (χ3v) is 2.95. The van der Waals surface area contributed by atoms with Crippen LogP contribution < -0.4 is 0 Å². The molecule has 0 aromatic rings. The van der Waals surface area contributed by atoms with Crippen molar-refractivity contribution >= 4 is 37.8 Å². The molecule has 1 unspecified atom stereocenters. The Morgan fingerprint density at radius 1 is 1.69 bits per heavy atom. The van der Waals surface area contributed by atoms with Crippen molar-refractivity contribution in [2.45, 2.75) is 26.4 Å². The summed E-state index contributed by atoms with van der Waals surface area (Å²) < 4.78 is 6.93. The van der Waals surface area contributed by atoms with Gasteiger partial charge in [-0.2, -0.15) is 0 Å². The van der Waals surface area contributed by atoms with Gasteiger partial charge in [-0.3, -0.25) is 0 Å². The highest BCUT2D eigenvalue weighted by Crippen LogP contribution is 2.31. The normalized spacial score (nSPS) is 23.8. The summed E-state index contributed by atoms with van der Waals surface area (Å²) in [6.45, 7) is 3.84. The average Bonchev–Trinajstić information content (AvgIpc) is 2.26. The van der Waals surface area contributed by atoms with Crippen LogP contribution >= 0.6 is 31.9 Å². The third kappa shape index (κ3) is 2.44. The van der Waals surface area contributed by atoms with E-state index in [0.717, 1.165) is 14.5 Å². The lowest BCUT2D eigenvalue weighted by molar-refractivity contribution is -0.138. The molecule has 0 saturated carbocycles. The molecule has 0 spiro atoms.